The summed E-state index contributed by atoms with van der Waals surface area (Å²) >= 11 is 0. The molecule has 1 N–H and O–H groups in total. The monoisotopic (exact) mass is 377 g/mol. The van der Waals surface area contributed by atoms with Gasteiger partial charge in [0.05, 0.1) is 11.8 Å². The van der Waals surface area contributed by atoms with E-state index in [1.54, 1.807) is 13.2 Å². The first-order valence-corrected chi connectivity index (χ1v) is 9.46. The largest absolute Gasteiger partial charge is 0.345 e. The normalized spacial score (nSPS) is 14.1. The van der Waals surface area contributed by atoms with E-state index in [9.17, 15) is 18.0 Å². The predicted octanol–water partition coefficient (Wildman–Crippen LogP) is 0.513. The van der Waals surface area contributed by atoms with Crippen molar-refractivity contribution in [2.45, 2.75) is 23.8 Å². The Kier molecular flexibility index (Phi) is 4.53. The van der Waals surface area contributed by atoms with Crippen molar-refractivity contribution in [3.8, 4) is 0 Å². The van der Waals surface area contributed by atoms with E-state index >= 15 is 0 Å². The molecule has 0 unspecified atom stereocenters. The van der Waals surface area contributed by atoms with E-state index < -0.39 is 26.9 Å². The molecule has 2 heterocycles. The van der Waals surface area contributed by atoms with Gasteiger partial charge in [-0.15, -0.1) is 0 Å². The molecule has 0 atom stereocenters. The van der Waals surface area contributed by atoms with Crippen molar-refractivity contribution < 1.29 is 18.0 Å². The lowest BCUT2D eigenvalue weighted by Crippen LogP contribution is -2.35. The zero-order valence-corrected chi connectivity index (χ0v) is 15.4. The highest BCUT2D eigenvalue weighted by Crippen LogP contribution is 2.41. The molecule has 0 spiro atoms. The van der Waals surface area contributed by atoms with Crippen LogP contribution < -0.4 is 4.72 Å². The second-order valence-corrected chi connectivity index (χ2v) is 7.93. The minimum Gasteiger partial charge on any atom is -0.345 e. The summed E-state index contributed by atoms with van der Waals surface area (Å²) in [6, 6.07) is 2.82. The number of amides is 2. The van der Waals surface area contributed by atoms with Crippen LogP contribution in [-0.4, -0.2) is 54.0 Å². The molecule has 9 nitrogen and oxygen atoms in total. The van der Waals surface area contributed by atoms with Crippen molar-refractivity contribution in [1.82, 2.24) is 24.4 Å². The average Bonchev–Trinajstić information content (AvgIpc) is 3.35. The van der Waals surface area contributed by atoms with Gasteiger partial charge in [-0.3, -0.25) is 14.3 Å². The summed E-state index contributed by atoms with van der Waals surface area (Å²) in [7, 11) is 0.249. The number of sulfonamides is 1. The lowest BCUT2D eigenvalue weighted by Gasteiger charge is -2.14. The fraction of sp³-hybridized carbons (Fsp3) is 0.375. The fourth-order valence-corrected chi connectivity index (χ4v) is 3.73. The number of nitrogens with zero attached hydrogens (tertiary/aromatic N) is 4. The summed E-state index contributed by atoms with van der Waals surface area (Å²) in [5.41, 5.74) is 0.823. The molecular weight excluding hydrogens is 358 g/mol. The van der Waals surface area contributed by atoms with Crippen LogP contribution in [0.15, 0.2) is 29.6 Å². The molecule has 1 aliphatic rings. The Hall–Kier alpha value is -2.75. The van der Waals surface area contributed by atoms with Crippen LogP contribution in [0.4, 0.5) is 0 Å². The molecule has 0 aliphatic heterocycles. The maximum Gasteiger partial charge on any atom is 0.283 e. The smallest absolute Gasteiger partial charge is 0.283 e. The second-order valence-electron chi connectivity index (χ2n) is 6.34. The Labute approximate surface area is 151 Å². The molecule has 2 amide bonds. The Morgan fingerprint density at radius 2 is 2.00 bits per heavy atom. The number of hydrogen-bond donors (Lipinski definition) is 1. The maximum absolute atomic E-state index is 12.7. The van der Waals surface area contributed by atoms with Gasteiger partial charge in [0.1, 0.15) is 5.69 Å². The molecule has 1 fully saturated rings. The summed E-state index contributed by atoms with van der Waals surface area (Å²) in [6.45, 7) is 0. The van der Waals surface area contributed by atoms with Crippen LogP contribution in [-0.2, 0) is 17.1 Å². The zero-order valence-electron chi connectivity index (χ0n) is 14.6. The van der Waals surface area contributed by atoms with E-state index in [1.165, 1.54) is 42.0 Å². The van der Waals surface area contributed by atoms with Gasteiger partial charge < -0.3 is 4.90 Å². The van der Waals surface area contributed by atoms with Crippen LogP contribution in [0.2, 0.25) is 0 Å². The number of pyridine rings is 1. The first-order chi connectivity index (χ1) is 12.2. The fourth-order valence-electron chi connectivity index (χ4n) is 2.65. The molecule has 2 aromatic heterocycles. The summed E-state index contributed by atoms with van der Waals surface area (Å²) in [5.74, 6) is -1.08. The molecule has 0 aromatic carbocycles. The van der Waals surface area contributed by atoms with Crippen LogP contribution in [0.25, 0.3) is 0 Å². The SMILES string of the molecule is CN(C)C(=O)c1cccnc1S(=O)(=O)NC(=O)c1c(C2CC2)cnn1C. The summed E-state index contributed by atoms with van der Waals surface area (Å²) < 4.78 is 28.8. The summed E-state index contributed by atoms with van der Waals surface area (Å²) in [6.07, 6.45) is 4.73. The Morgan fingerprint density at radius 1 is 1.31 bits per heavy atom. The first kappa shape index (κ1) is 18.1. The molecule has 138 valence electrons. The molecule has 26 heavy (non-hydrogen) atoms. The van der Waals surface area contributed by atoms with Gasteiger partial charge in [-0.1, -0.05) is 0 Å². The van der Waals surface area contributed by atoms with Crippen LogP contribution in [0.3, 0.4) is 0 Å². The van der Waals surface area contributed by atoms with Crippen molar-refractivity contribution >= 4 is 21.8 Å². The number of aryl methyl sites for hydroxylation is 1. The van der Waals surface area contributed by atoms with E-state index in [4.69, 9.17) is 0 Å². The quantitative estimate of drug-likeness (QED) is 0.812. The Balaban J connectivity index is 1.95. The van der Waals surface area contributed by atoms with Crippen molar-refractivity contribution in [3.63, 3.8) is 0 Å². The molecule has 0 radical (unpaired) electrons. The minimum atomic E-state index is -4.33. The van der Waals surface area contributed by atoms with Crippen LogP contribution in [0, 0.1) is 0 Å². The van der Waals surface area contributed by atoms with Gasteiger partial charge in [0.15, 0.2) is 5.03 Å². The van der Waals surface area contributed by atoms with E-state index in [0.29, 0.717) is 0 Å². The molecule has 0 bridgehead atoms. The van der Waals surface area contributed by atoms with Gasteiger partial charge in [0, 0.05) is 32.9 Å². The van der Waals surface area contributed by atoms with Crippen LogP contribution in [0.1, 0.15) is 45.2 Å². The second kappa shape index (κ2) is 6.52. The van der Waals surface area contributed by atoms with E-state index in [-0.39, 0.29) is 17.2 Å². The maximum atomic E-state index is 12.7. The van der Waals surface area contributed by atoms with Gasteiger partial charge in [0.25, 0.3) is 21.8 Å². The minimum absolute atomic E-state index is 0.106. The number of hydrogen-bond acceptors (Lipinski definition) is 6. The molecule has 1 aliphatic carbocycles. The van der Waals surface area contributed by atoms with Gasteiger partial charge in [-0.25, -0.2) is 9.71 Å². The highest BCUT2D eigenvalue weighted by atomic mass is 32.2. The van der Waals surface area contributed by atoms with Crippen LogP contribution in [0.5, 0.6) is 0 Å². The average molecular weight is 377 g/mol. The molecule has 2 aromatic rings. The molecule has 1 saturated carbocycles. The molecular formula is C16H19N5O4S. The van der Waals surface area contributed by atoms with E-state index in [1.807, 2.05) is 4.72 Å². The number of nitrogens with one attached hydrogen (secondary N) is 1. The van der Waals surface area contributed by atoms with Gasteiger partial charge in [-0.2, -0.15) is 13.5 Å². The number of rotatable bonds is 5. The van der Waals surface area contributed by atoms with Crippen molar-refractivity contribution in [2.24, 2.45) is 7.05 Å². The summed E-state index contributed by atoms with van der Waals surface area (Å²) in [4.78, 5) is 29.9. The van der Waals surface area contributed by atoms with Crippen molar-refractivity contribution in [2.75, 3.05) is 14.1 Å². The Morgan fingerprint density at radius 3 is 2.62 bits per heavy atom. The molecule has 3 rings (SSSR count). The van der Waals surface area contributed by atoms with Crippen molar-refractivity contribution in [3.05, 3.63) is 41.3 Å². The van der Waals surface area contributed by atoms with Gasteiger partial charge >= 0.3 is 0 Å². The lowest BCUT2D eigenvalue weighted by molar-refractivity contribution is 0.0822. The zero-order chi connectivity index (χ0) is 19.1. The highest BCUT2D eigenvalue weighted by molar-refractivity contribution is 7.90. The predicted molar refractivity (Wildman–Crippen MR) is 92.1 cm³/mol. The molecule has 0 saturated heterocycles. The third-order valence-electron chi connectivity index (χ3n) is 4.09. The standard InChI is InChI=1S/C16H19N5O4S/c1-20(2)16(23)11-5-4-8-17-15(11)26(24,25)19-14(22)13-12(10-6-7-10)9-18-21(13)3/h4-5,8-10H,6-7H2,1-3H3,(H,19,22). The number of carbonyl (C=O) groups is 2. The number of carbonyl (C=O) groups excluding carboxylic acids is 2. The lowest BCUT2D eigenvalue weighted by atomic mass is 10.1. The van der Waals surface area contributed by atoms with Crippen LogP contribution >= 0.6 is 0 Å². The highest BCUT2D eigenvalue weighted by Gasteiger charge is 2.33. The van der Waals surface area contributed by atoms with Gasteiger partial charge in [-0.05, 0) is 30.9 Å². The topological polar surface area (TPSA) is 114 Å². The third-order valence-corrected chi connectivity index (χ3v) is 5.38. The summed E-state index contributed by atoms with van der Waals surface area (Å²) in [5, 5.41) is 3.57. The molecule has 10 heteroatoms. The Bertz CT molecular complexity index is 976. The number of aromatic nitrogens is 3. The van der Waals surface area contributed by atoms with E-state index in [0.717, 1.165) is 18.4 Å². The third kappa shape index (κ3) is 3.32. The van der Waals surface area contributed by atoms with Gasteiger partial charge in [0.2, 0.25) is 0 Å². The van der Waals surface area contributed by atoms with Crippen molar-refractivity contribution in [1.29, 1.82) is 0 Å². The first-order valence-electron chi connectivity index (χ1n) is 7.98. The van der Waals surface area contributed by atoms with E-state index in [2.05, 4.69) is 10.1 Å².